The minimum Gasteiger partial charge on any atom is -0.477 e. The number of hydrogen-bond donors (Lipinski definition) is 1. The van der Waals surface area contributed by atoms with Gasteiger partial charge >= 0.3 is 5.97 Å². The summed E-state index contributed by atoms with van der Waals surface area (Å²) in [6.45, 7) is 5.25. The molecule has 4 heteroatoms. The highest BCUT2D eigenvalue weighted by molar-refractivity contribution is 5.85. The normalized spacial score (nSPS) is 19.8. The Morgan fingerprint density at radius 3 is 3.06 bits per heavy atom. The molecule has 4 nitrogen and oxygen atoms in total. The van der Waals surface area contributed by atoms with Crippen LogP contribution >= 0.6 is 0 Å². The summed E-state index contributed by atoms with van der Waals surface area (Å²) in [4.78, 5) is 15.2. The molecule has 2 rings (SSSR count). The van der Waals surface area contributed by atoms with Crippen molar-refractivity contribution in [3.05, 3.63) is 17.7 Å². The third kappa shape index (κ3) is 2.10. The first kappa shape index (κ1) is 11.2. The summed E-state index contributed by atoms with van der Waals surface area (Å²) < 4.78 is 1.85. The third-order valence-electron chi connectivity index (χ3n) is 3.19. The molecule has 16 heavy (non-hydrogen) atoms. The molecule has 1 aliphatic rings. The summed E-state index contributed by atoms with van der Waals surface area (Å²) in [5.74, 6) is 1.43. The van der Waals surface area contributed by atoms with E-state index < -0.39 is 5.97 Å². The van der Waals surface area contributed by atoms with E-state index in [1.807, 2.05) is 4.57 Å². The molecule has 0 fully saturated rings. The van der Waals surface area contributed by atoms with E-state index in [1.54, 1.807) is 0 Å². The molecule has 1 unspecified atom stereocenters. The lowest BCUT2D eigenvalue weighted by Gasteiger charge is -2.25. The van der Waals surface area contributed by atoms with Gasteiger partial charge < -0.3 is 9.67 Å². The van der Waals surface area contributed by atoms with E-state index >= 15 is 0 Å². The van der Waals surface area contributed by atoms with Crippen LogP contribution in [0.1, 0.15) is 43.0 Å². The Bertz CT molecular complexity index is 396. The number of nitrogens with zero attached hydrogens (tertiary/aromatic N) is 2. The topological polar surface area (TPSA) is 55.1 Å². The number of carbonyl (C=O) groups is 1. The van der Waals surface area contributed by atoms with E-state index in [0.717, 1.165) is 25.2 Å². The maximum Gasteiger partial charge on any atom is 0.354 e. The van der Waals surface area contributed by atoms with Crippen molar-refractivity contribution in [2.45, 2.75) is 39.7 Å². The lowest BCUT2D eigenvalue weighted by Crippen LogP contribution is -2.23. The van der Waals surface area contributed by atoms with Gasteiger partial charge in [-0.2, -0.15) is 0 Å². The molecule has 0 aromatic carbocycles. The van der Waals surface area contributed by atoms with E-state index in [2.05, 4.69) is 18.8 Å². The van der Waals surface area contributed by atoms with Crippen molar-refractivity contribution in [3.63, 3.8) is 0 Å². The van der Waals surface area contributed by atoms with E-state index in [1.165, 1.54) is 12.6 Å². The molecule has 1 atom stereocenters. The highest BCUT2D eigenvalue weighted by atomic mass is 16.4. The van der Waals surface area contributed by atoms with Crippen molar-refractivity contribution in [3.8, 4) is 0 Å². The van der Waals surface area contributed by atoms with Crippen molar-refractivity contribution in [1.29, 1.82) is 0 Å². The average molecular weight is 222 g/mol. The molecule has 1 aromatic rings. The molecule has 0 aliphatic carbocycles. The lowest BCUT2D eigenvalue weighted by molar-refractivity contribution is 0.0682. The molecule has 0 saturated heterocycles. The number of rotatable bonds is 3. The van der Waals surface area contributed by atoms with Crippen LogP contribution < -0.4 is 0 Å². The van der Waals surface area contributed by atoms with Crippen molar-refractivity contribution in [2.24, 2.45) is 11.8 Å². The number of aromatic carboxylic acids is 1. The summed E-state index contributed by atoms with van der Waals surface area (Å²) >= 11 is 0. The number of fused-ring (bicyclic) bond motifs is 1. The molecule has 1 N–H and O–H groups in total. The van der Waals surface area contributed by atoms with Crippen LogP contribution in [0.15, 0.2) is 6.20 Å². The van der Waals surface area contributed by atoms with Crippen molar-refractivity contribution in [1.82, 2.24) is 9.55 Å². The number of carboxylic acids is 1. The molecule has 2 heterocycles. The molecule has 0 radical (unpaired) electrons. The fraction of sp³-hybridized carbons (Fsp3) is 0.667. The predicted molar refractivity (Wildman–Crippen MR) is 60.5 cm³/mol. The predicted octanol–water partition coefficient (Wildman–Crippen LogP) is 2.19. The Morgan fingerprint density at radius 2 is 2.44 bits per heavy atom. The summed E-state index contributed by atoms with van der Waals surface area (Å²) in [5.41, 5.74) is 0.331. The zero-order chi connectivity index (χ0) is 11.7. The molecular weight excluding hydrogens is 204 g/mol. The summed E-state index contributed by atoms with van der Waals surface area (Å²) in [7, 11) is 0. The standard InChI is InChI=1S/C12H18N2O2/c1-8(2)5-9-3-4-14-10(12(15)16)7-13-11(14)6-9/h7-9H,3-6H2,1-2H3,(H,15,16). The minimum atomic E-state index is -0.874. The number of imidazole rings is 1. The van der Waals surface area contributed by atoms with Gasteiger partial charge in [0.25, 0.3) is 0 Å². The van der Waals surface area contributed by atoms with Gasteiger partial charge in [-0.1, -0.05) is 13.8 Å². The fourth-order valence-electron chi connectivity index (χ4n) is 2.54. The highest BCUT2D eigenvalue weighted by Crippen LogP contribution is 2.26. The first-order chi connectivity index (χ1) is 7.58. The highest BCUT2D eigenvalue weighted by Gasteiger charge is 2.24. The van der Waals surface area contributed by atoms with Crippen molar-refractivity contribution >= 4 is 5.97 Å². The van der Waals surface area contributed by atoms with Crippen LogP contribution in [0.3, 0.4) is 0 Å². The number of hydrogen-bond acceptors (Lipinski definition) is 2. The van der Waals surface area contributed by atoms with Gasteiger partial charge in [0.05, 0.1) is 6.20 Å². The fourth-order valence-corrected chi connectivity index (χ4v) is 2.54. The Hall–Kier alpha value is -1.32. The summed E-state index contributed by atoms with van der Waals surface area (Å²) in [6, 6.07) is 0. The molecule has 0 saturated carbocycles. The number of carboxylic acid groups (broad SMARTS) is 1. The largest absolute Gasteiger partial charge is 0.477 e. The van der Waals surface area contributed by atoms with Crippen LogP contribution in [0.25, 0.3) is 0 Å². The van der Waals surface area contributed by atoms with Gasteiger partial charge in [-0.25, -0.2) is 9.78 Å². The average Bonchev–Trinajstić information content (AvgIpc) is 2.59. The maximum absolute atomic E-state index is 10.9. The zero-order valence-electron chi connectivity index (χ0n) is 9.81. The van der Waals surface area contributed by atoms with E-state index in [-0.39, 0.29) is 0 Å². The van der Waals surface area contributed by atoms with E-state index in [0.29, 0.717) is 17.5 Å². The number of aromatic nitrogens is 2. The van der Waals surface area contributed by atoms with Crippen LogP contribution in [0.2, 0.25) is 0 Å². The van der Waals surface area contributed by atoms with Gasteiger partial charge in [0.1, 0.15) is 11.5 Å². The zero-order valence-corrected chi connectivity index (χ0v) is 9.81. The molecule has 0 amide bonds. The monoisotopic (exact) mass is 222 g/mol. The Kier molecular flexibility index (Phi) is 2.99. The quantitative estimate of drug-likeness (QED) is 0.852. The van der Waals surface area contributed by atoms with Crippen molar-refractivity contribution < 1.29 is 9.90 Å². The van der Waals surface area contributed by atoms with Gasteiger partial charge in [0, 0.05) is 13.0 Å². The van der Waals surface area contributed by atoms with Crippen LogP contribution in [-0.4, -0.2) is 20.6 Å². The summed E-state index contributed by atoms with van der Waals surface area (Å²) in [6.07, 6.45) is 4.68. The van der Waals surface area contributed by atoms with Crippen LogP contribution in [-0.2, 0) is 13.0 Å². The smallest absolute Gasteiger partial charge is 0.354 e. The van der Waals surface area contributed by atoms with Crippen molar-refractivity contribution in [2.75, 3.05) is 0 Å². The first-order valence-corrected chi connectivity index (χ1v) is 5.85. The molecule has 0 spiro atoms. The molecule has 88 valence electrons. The van der Waals surface area contributed by atoms with Gasteiger partial charge in [-0.3, -0.25) is 0 Å². The first-order valence-electron chi connectivity index (χ1n) is 5.85. The van der Waals surface area contributed by atoms with Crippen LogP contribution in [0, 0.1) is 11.8 Å². The van der Waals surface area contributed by atoms with Gasteiger partial charge in [0.2, 0.25) is 0 Å². The third-order valence-corrected chi connectivity index (χ3v) is 3.19. The minimum absolute atomic E-state index is 0.331. The second-order valence-corrected chi connectivity index (χ2v) is 5.00. The Morgan fingerprint density at radius 1 is 1.69 bits per heavy atom. The van der Waals surface area contributed by atoms with Gasteiger partial charge in [0.15, 0.2) is 0 Å². The maximum atomic E-state index is 10.9. The van der Waals surface area contributed by atoms with E-state index in [4.69, 9.17) is 5.11 Å². The lowest BCUT2D eigenvalue weighted by atomic mass is 9.89. The summed E-state index contributed by atoms with van der Waals surface area (Å²) in [5, 5.41) is 8.98. The van der Waals surface area contributed by atoms with E-state index in [9.17, 15) is 4.79 Å². The van der Waals surface area contributed by atoms with Crippen LogP contribution in [0.5, 0.6) is 0 Å². The Labute approximate surface area is 95.3 Å². The molecule has 1 aromatic heterocycles. The Balaban J connectivity index is 2.14. The second-order valence-electron chi connectivity index (χ2n) is 5.00. The molecule has 0 bridgehead atoms. The van der Waals surface area contributed by atoms with Crippen LogP contribution in [0.4, 0.5) is 0 Å². The molecule has 1 aliphatic heterocycles. The second kappa shape index (κ2) is 4.28. The van der Waals surface area contributed by atoms with Gasteiger partial charge in [-0.05, 0) is 24.7 Å². The van der Waals surface area contributed by atoms with Gasteiger partial charge in [-0.15, -0.1) is 0 Å². The SMILES string of the molecule is CC(C)CC1CCn2c(C(=O)O)cnc2C1. The molecular formula is C12H18N2O2.